The fourth-order valence-corrected chi connectivity index (χ4v) is 4.34. The molecule has 1 saturated carbocycles. The number of amides is 1. The third kappa shape index (κ3) is 4.48. The van der Waals surface area contributed by atoms with E-state index >= 15 is 0 Å². The Bertz CT molecular complexity index is 913. The van der Waals surface area contributed by atoms with Crippen LogP contribution in [0.2, 0.25) is 0 Å². The molecule has 2 atom stereocenters. The van der Waals surface area contributed by atoms with Crippen molar-refractivity contribution in [3.63, 3.8) is 0 Å². The zero-order chi connectivity index (χ0) is 21.1. The van der Waals surface area contributed by atoms with Gasteiger partial charge in [-0.25, -0.2) is 14.0 Å². The first kappa shape index (κ1) is 20.4. The number of piperidine rings is 1. The minimum Gasteiger partial charge on any atom is -0.465 e. The number of hydrogen-bond acceptors (Lipinski definition) is 4. The van der Waals surface area contributed by atoms with Gasteiger partial charge in [-0.1, -0.05) is 36.4 Å². The lowest BCUT2D eigenvalue weighted by atomic mass is 9.84. The summed E-state index contributed by atoms with van der Waals surface area (Å²) in [5, 5.41) is 0. The highest BCUT2D eigenvalue weighted by Crippen LogP contribution is 2.46. The molecule has 4 rings (SSSR count). The molecule has 0 N–H and O–H groups in total. The molecule has 0 bridgehead atoms. The number of carbonyl (C=O) groups is 2. The minimum absolute atomic E-state index is 0.103. The molecule has 0 aromatic heterocycles. The predicted molar refractivity (Wildman–Crippen MR) is 109 cm³/mol. The summed E-state index contributed by atoms with van der Waals surface area (Å²) in [6.45, 7) is 0.782. The molecule has 2 aliphatic rings. The molecule has 1 heterocycles. The van der Waals surface area contributed by atoms with Crippen LogP contribution in [0.3, 0.4) is 0 Å². The van der Waals surface area contributed by atoms with Gasteiger partial charge in [-0.15, -0.1) is 0 Å². The number of carbonyl (C=O) groups excluding carboxylic acids is 2. The molecule has 1 aliphatic carbocycles. The highest BCUT2D eigenvalue weighted by Gasteiger charge is 2.40. The Balaban J connectivity index is 1.53. The quantitative estimate of drug-likeness (QED) is 0.642. The third-order valence-electron chi connectivity index (χ3n) is 6.15. The number of ether oxygens (including phenoxy) is 2. The molecular weight excluding hydrogens is 385 g/mol. The molecular formula is C24H26FNO4. The lowest BCUT2D eigenvalue weighted by molar-refractivity contribution is 0.0532. The van der Waals surface area contributed by atoms with Crippen LogP contribution >= 0.6 is 0 Å². The normalized spacial score (nSPS) is 21.2. The highest BCUT2D eigenvalue weighted by molar-refractivity contribution is 5.89. The van der Waals surface area contributed by atoms with Crippen molar-refractivity contribution in [1.82, 2.24) is 4.90 Å². The molecule has 1 aliphatic heterocycles. The van der Waals surface area contributed by atoms with Crippen LogP contribution in [0, 0.1) is 17.7 Å². The summed E-state index contributed by atoms with van der Waals surface area (Å²) in [7, 11) is 1.22. The molecule has 0 unspecified atom stereocenters. The second-order valence-electron chi connectivity index (χ2n) is 8.10. The van der Waals surface area contributed by atoms with E-state index in [4.69, 9.17) is 4.74 Å². The van der Waals surface area contributed by atoms with E-state index in [1.165, 1.54) is 32.1 Å². The summed E-state index contributed by atoms with van der Waals surface area (Å²) < 4.78 is 24.8. The van der Waals surface area contributed by atoms with Crippen LogP contribution in [0.4, 0.5) is 9.18 Å². The number of likely N-dealkylation sites (tertiary alicyclic amines) is 1. The number of halogens is 1. The van der Waals surface area contributed by atoms with E-state index in [9.17, 15) is 14.0 Å². The Hall–Kier alpha value is -2.89. The van der Waals surface area contributed by atoms with Crippen LogP contribution in [-0.2, 0) is 16.1 Å². The zero-order valence-electron chi connectivity index (χ0n) is 17.1. The second-order valence-corrected chi connectivity index (χ2v) is 8.10. The lowest BCUT2D eigenvalue weighted by Crippen LogP contribution is -2.41. The minimum atomic E-state index is -0.710. The van der Waals surface area contributed by atoms with Crippen molar-refractivity contribution in [3.05, 3.63) is 71.0 Å². The first-order valence-electron chi connectivity index (χ1n) is 10.4. The van der Waals surface area contributed by atoms with Crippen LogP contribution in [0.1, 0.15) is 53.2 Å². The molecule has 0 spiro atoms. The van der Waals surface area contributed by atoms with Gasteiger partial charge in [0.15, 0.2) is 0 Å². The number of nitrogens with zero attached hydrogens (tertiary/aromatic N) is 1. The van der Waals surface area contributed by atoms with Gasteiger partial charge >= 0.3 is 12.1 Å². The number of benzene rings is 2. The maximum Gasteiger partial charge on any atom is 0.410 e. The number of esters is 1. The van der Waals surface area contributed by atoms with Crippen LogP contribution in [-0.4, -0.2) is 30.6 Å². The largest absolute Gasteiger partial charge is 0.465 e. The number of rotatable bonds is 5. The van der Waals surface area contributed by atoms with Crippen LogP contribution in [0.25, 0.3) is 0 Å². The molecule has 2 aromatic carbocycles. The molecule has 5 nitrogen and oxygen atoms in total. The predicted octanol–water partition coefficient (Wildman–Crippen LogP) is 5.11. The Labute approximate surface area is 175 Å². The van der Waals surface area contributed by atoms with E-state index in [-0.39, 0.29) is 18.2 Å². The van der Waals surface area contributed by atoms with E-state index in [0.29, 0.717) is 23.9 Å². The van der Waals surface area contributed by atoms with Gasteiger partial charge in [0.1, 0.15) is 12.4 Å². The van der Waals surface area contributed by atoms with Crippen molar-refractivity contribution < 1.29 is 23.5 Å². The fourth-order valence-electron chi connectivity index (χ4n) is 4.34. The standard InChI is InChI=1S/C24H26FNO4/c1-29-23(27)20-10-9-19(13-21(20)25)22-14-18(17-7-8-17)11-12-26(22)24(28)30-15-16-5-3-2-4-6-16/h2-6,9-10,13,17-18,22H,7-8,11-12,14-15H2,1H3/t18-,22-/m0/s1. The van der Waals surface area contributed by atoms with Gasteiger partial charge in [-0.3, -0.25) is 0 Å². The van der Waals surface area contributed by atoms with E-state index < -0.39 is 17.9 Å². The second kappa shape index (κ2) is 8.86. The average Bonchev–Trinajstić information content (AvgIpc) is 3.63. The van der Waals surface area contributed by atoms with Crippen molar-refractivity contribution in [1.29, 1.82) is 0 Å². The number of hydrogen-bond donors (Lipinski definition) is 0. The van der Waals surface area contributed by atoms with Gasteiger partial charge in [-0.2, -0.15) is 0 Å². The van der Waals surface area contributed by atoms with E-state index in [1.807, 2.05) is 30.3 Å². The van der Waals surface area contributed by atoms with Gasteiger partial charge in [0.2, 0.25) is 0 Å². The van der Waals surface area contributed by atoms with Crippen molar-refractivity contribution in [2.45, 2.75) is 38.3 Å². The smallest absolute Gasteiger partial charge is 0.410 e. The highest BCUT2D eigenvalue weighted by atomic mass is 19.1. The first-order valence-corrected chi connectivity index (χ1v) is 10.4. The van der Waals surface area contributed by atoms with Crippen molar-refractivity contribution in [2.75, 3.05) is 13.7 Å². The molecule has 158 valence electrons. The summed E-state index contributed by atoms with van der Waals surface area (Å²) >= 11 is 0. The SMILES string of the molecule is COC(=O)c1ccc([C@@H]2C[C@@H](C3CC3)CCN2C(=O)OCc2ccccc2)cc1F. The molecule has 2 fully saturated rings. The topological polar surface area (TPSA) is 55.8 Å². The maximum atomic E-state index is 14.6. The fraction of sp³-hybridized carbons (Fsp3) is 0.417. The van der Waals surface area contributed by atoms with Gasteiger partial charge < -0.3 is 14.4 Å². The van der Waals surface area contributed by atoms with Crippen molar-refractivity contribution >= 4 is 12.1 Å². The average molecular weight is 411 g/mol. The van der Waals surface area contributed by atoms with Crippen molar-refractivity contribution in [2.24, 2.45) is 11.8 Å². The lowest BCUT2D eigenvalue weighted by Gasteiger charge is -2.39. The zero-order valence-corrected chi connectivity index (χ0v) is 17.1. The van der Waals surface area contributed by atoms with Gasteiger partial charge in [0, 0.05) is 6.54 Å². The molecule has 30 heavy (non-hydrogen) atoms. The molecule has 0 radical (unpaired) electrons. The van der Waals surface area contributed by atoms with Crippen molar-refractivity contribution in [3.8, 4) is 0 Å². The third-order valence-corrected chi connectivity index (χ3v) is 6.15. The first-order chi connectivity index (χ1) is 14.6. The maximum absolute atomic E-state index is 14.6. The molecule has 6 heteroatoms. The van der Waals surface area contributed by atoms with Gasteiger partial charge in [0.25, 0.3) is 0 Å². The van der Waals surface area contributed by atoms with Crippen LogP contribution < -0.4 is 0 Å². The Kier molecular flexibility index (Phi) is 6.02. The summed E-state index contributed by atoms with van der Waals surface area (Å²) in [6, 6.07) is 13.8. The Morgan fingerprint density at radius 2 is 1.83 bits per heavy atom. The van der Waals surface area contributed by atoms with Crippen LogP contribution in [0.5, 0.6) is 0 Å². The van der Waals surface area contributed by atoms with Gasteiger partial charge in [0.05, 0.1) is 18.7 Å². The monoisotopic (exact) mass is 411 g/mol. The van der Waals surface area contributed by atoms with E-state index in [2.05, 4.69) is 4.74 Å². The summed E-state index contributed by atoms with van der Waals surface area (Å²) in [5.74, 6) is -0.117. The summed E-state index contributed by atoms with van der Waals surface area (Å²) in [4.78, 5) is 26.3. The molecule has 1 saturated heterocycles. The summed E-state index contributed by atoms with van der Waals surface area (Å²) in [5.41, 5.74) is 1.50. The van der Waals surface area contributed by atoms with Crippen LogP contribution in [0.15, 0.2) is 48.5 Å². The Morgan fingerprint density at radius 3 is 2.50 bits per heavy atom. The van der Waals surface area contributed by atoms with Gasteiger partial charge in [-0.05, 0) is 60.8 Å². The molecule has 1 amide bonds. The Morgan fingerprint density at radius 1 is 1.07 bits per heavy atom. The number of methoxy groups -OCH3 is 1. The summed E-state index contributed by atoms with van der Waals surface area (Å²) in [6.07, 6.45) is 3.78. The molecule has 2 aromatic rings. The van der Waals surface area contributed by atoms with E-state index in [1.54, 1.807) is 11.0 Å². The van der Waals surface area contributed by atoms with E-state index in [0.717, 1.165) is 18.4 Å².